The third-order valence-electron chi connectivity index (χ3n) is 4.82. The Morgan fingerprint density at radius 1 is 1.07 bits per heavy atom. The van der Waals surface area contributed by atoms with E-state index in [2.05, 4.69) is 19.1 Å². The maximum atomic E-state index is 13.2. The van der Waals surface area contributed by atoms with Crippen LogP contribution in [0.15, 0.2) is 47.4 Å². The van der Waals surface area contributed by atoms with Crippen molar-refractivity contribution >= 4 is 21.8 Å². The Labute approximate surface area is 165 Å². The number of rotatable bonds is 5. The molecule has 2 aromatic rings. The van der Waals surface area contributed by atoms with E-state index in [9.17, 15) is 8.42 Å². The zero-order chi connectivity index (χ0) is 19.4. The van der Waals surface area contributed by atoms with Crippen molar-refractivity contribution in [3.05, 3.63) is 53.6 Å². The minimum atomic E-state index is -3.63. The van der Waals surface area contributed by atoms with Gasteiger partial charge in [0.05, 0.1) is 14.2 Å². The number of hydrogen-bond acceptors (Lipinski definition) is 5. The summed E-state index contributed by atoms with van der Waals surface area (Å²) in [6.45, 7) is 3.09. The second kappa shape index (κ2) is 8.54. The van der Waals surface area contributed by atoms with Crippen molar-refractivity contribution in [1.29, 1.82) is 0 Å². The number of ether oxygens (including phenoxy) is 2. The molecule has 2 aromatic carbocycles. The van der Waals surface area contributed by atoms with Gasteiger partial charge in [-0.2, -0.15) is 16.1 Å². The number of hydrogen-bond donors (Lipinski definition) is 0. The summed E-state index contributed by atoms with van der Waals surface area (Å²) >= 11 is 1.83. The van der Waals surface area contributed by atoms with Crippen LogP contribution in [0.1, 0.15) is 22.8 Å². The van der Waals surface area contributed by atoms with Crippen molar-refractivity contribution < 1.29 is 17.9 Å². The van der Waals surface area contributed by atoms with Crippen molar-refractivity contribution in [2.75, 3.05) is 33.1 Å². The third-order valence-corrected chi connectivity index (χ3v) is 8.07. The van der Waals surface area contributed by atoms with Crippen LogP contribution in [0.4, 0.5) is 0 Å². The first kappa shape index (κ1) is 20.0. The van der Waals surface area contributed by atoms with Gasteiger partial charge in [-0.3, -0.25) is 0 Å². The summed E-state index contributed by atoms with van der Waals surface area (Å²) in [5.41, 5.74) is 2.55. The molecule has 1 saturated heterocycles. The molecule has 0 amide bonds. The van der Waals surface area contributed by atoms with E-state index in [4.69, 9.17) is 9.47 Å². The summed E-state index contributed by atoms with van der Waals surface area (Å²) in [4.78, 5) is 0.185. The first-order valence-electron chi connectivity index (χ1n) is 8.86. The molecule has 1 aliphatic heterocycles. The summed E-state index contributed by atoms with van der Waals surface area (Å²) in [5.74, 6) is 1.63. The average Bonchev–Trinajstić information content (AvgIpc) is 2.94. The predicted molar refractivity (Wildman–Crippen MR) is 109 cm³/mol. The van der Waals surface area contributed by atoms with Crippen LogP contribution in [0.25, 0.3) is 0 Å². The molecule has 1 atom stereocenters. The average molecular weight is 408 g/mol. The van der Waals surface area contributed by atoms with E-state index >= 15 is 0 Å². The maximum Gasteiger partial charge on any atom is 0.246 e. The zero-order valence-corrected chi connectivity index (χ0v) is 17.5. The molecule has 0 spiro atoms. The van der Waals surface area contributed by atoms with Crippen molar-refractivity contribution in [1.82, 2.24) is 4.31 Å². The Balaban J connectivity index is 1.83. The predicted octanol–water partition coefficient (Wildman–Crippen LogP) is 3.88. The largest absolute Gasteiger partial charge is 0.497 e. The lowest BCUT2D eigenvalue weighted by atomic mass is 10.0. The summed E-state index contributed by atoms with van der Waals surface area (Å²) < 4.78 is 38.5. The molecule has 0 radical (unpaired) electrons. The number of methoxy groups -OCH3 is 2. The highest BCUT2D eigenvalue weighted by Gasteiger charge is 2.31. The molecule has 0 aliphatic carbocycles. The van der Waals surface area contributed by atoms with Gasteiger partial charge in [0.15, 0.2) is 0 Å². The van der Waals surface area contributed by atoms with E-state index in [1.807, 2.05) is 23.9 Å². The standard InChI is InChI=1S/C20H25NO4S2/c1-15-6-4-5-7-17(15)19-10-11-21(12-13-26-19)27(22,23)20-9-8-16(24-2)14-18(20)25-3/h4-9,14,19H,10-13H2,1-3H3. The Bertz CT molecular complexity index is 899. The number of sulfonamides is 1. The van der Waals surface area contributed by atoms with E-state index in [1.54, 1.807) is 29.6 Å². The maximum absolute atomic E-state index is 13.2. The van der Waals surface area contributed by atoms with Gasteiger partial charge >= 0.3 is 0 Å². The van der Waals surface area contributed by atoms with E-state index in [0.29, 0.717) is 29.8 Å². The minimum Gasteiger partial charge on any atom is -0.497 e. The minimum absolute atomic E-state index is 0.185. The normalized spacial score (nSPS) is 18.7. The van der Waals surface area contributed by atoms with E-state index in [-0.39, 0.29) is 4.90 Å². The highest BCUT2D eigenvalue weighted by molar-refractivity contribution is 7.99. The summed E-state index contributed by atoms with van der Waals surface area (Å²) in [6.07, 6.45) is 0.785. The Morgan fingerprint density at radius 2 is 1.85 bits per heavy atom. The molecule has 5 nitrogen and oxygen atoms in total. The van der Waals surface area contributed by atoms with Crippen molar-refractivity contribution in [2.45, 2.75) is 23.5 Å². The molecule has 27 heavy (non-hydrogen) atoms. The van der Waals surface area contributed by atoms with Crippen LogP contribution in [0.5, 0.6) is 11.5 Å². The van der Waals surface area contributed by atoms with Crippen LogP contribution in [0, 0.1) is 6.92 Å². The van der Waals surface area contributed by atoms with Gasteiger partial charge in [0.1, 0.15) is 16.4 Å². The highest BCUT2D eigenvalue weighted by atomic mass is 32.2. The van der Waals surface area contributed by atoms with Gasteiger partial charge < -0.3 is 9.47 Å². The van der Waals surface area contributed by atoms with Gasteiger partial charge in [-0.1, -0.05) is 24.3 Å². The van der Waals surface area contributed by atoms with E-state index in [0.717, 1.165) is 12.2 Å². The van der Waals surface area contributed by atoms with Crippen LogP contribution in [-0.4, -0.2) is 45.8 Å². The molecule has 1 aliphatic rings. The van der Waals surface area contributed by atoms with Crippen LogP contribution >= 0.6 is 11.8 Å². The fourth-order valence-electron chi connectivity index (χ4n) is 3.31. The van der Waals surface area contributed by atoms with E-state index in [1.165, 1.54) is 18.2 Å². The number of benzene rings is 2. The molecular formula is C20H25NO4S2. The van der Waals surface area contributed by atoms with Gasteiger partial charge in [-0.25, -0.2) is 8.42 Å². The van der Waals surface area contributed by atoms with Crippen LogP contribution < -0.4 is 9.47 Å². The highest BCUT2D eigenvalue weighted by Crippen LogP contribution is 2.38. The molecule has 1 heterocycles. The van der Waals surface area contributed by atoms with Crippen LogP contribution in [0.2, 0.25) is 0 Å². The van der Waals surface area contributed by atoms with Crippen molar-refractivity contribution in [2.24, 2.45) is 0 Å². The number of aryl methyl sites for hydroxylation is 1. The first-order chi connectivity index (χ1) is 13.0. The van der Waals surface area contributed by atoms with Crippen molar-refractivity contribution in [3.63, 3.8) is 0 Å². The molecule has 0 saturated carbocycles. The topological polar surface area (TPSA) is 55.8 Å². The Morgan fingerprint density at radius 3 is 2.56 bits per heavy atom. The fourth-order valence-corrected chi connectivity index (χ4v) is 6.35. The molecule has 0 aromatic heterocycles. The summed E-state index contributed by atoms with van der Waals surface area (Å²) in [5, 5.41) is 0.309. The molecule has 1 unspecified atom stereocenters. The molecule has 146 valence electrons. The Kier molecular flexibility index (Phi) is 6.34. The van der Waals surface area contributed by atoms with Crippen LogP contribution in [0.3, 0.4) is 0 Å². The second-order valence-electron chi connectivity index (χ2n) is 6.43. The Hall–Kier alpha value is -1.70. The van der Waals surface area contributed by atoms with Crippen molar-refractivity contribution in [3.8, 4) is 11.5 Å². The van der Waals surface area contributed by atoms with Gasteiger partial charge in [0, 0.05) is 30.2 Å². The SMILES string of the molecule is COc1ccc(S(=O)(=O)N2CCSC(c3ccccc3C)CC2)c(OC)c1. The quantitative estimate of drug-likeness (QED) is 0.753. The monoisotopic (exact) mass is 407 g/mol. The van der Waals surface area contributed by atoms with Gasteiger partial charge in [0.2, 0.25) is 10.0 Å². The molecule has 7 heteroatoms. The lowest BCUT2D eigenvalue weighted by Crippen LogP contribution is -2.33. The lowest BCUT2D eigenvalue weighted by molar-refractivity contribution is 0.380. The molecular weight excluding hydrogens is 382 g/mol. The van der Waals surface area contributed by atoms with Gasteiger partial charge in [-0.05, 0) is 36.6 Å². The number of nitrogens with zero attached hydrogens (tertiary/aromatic N) is 1. The van der Waals surface area contributed by atoms with Gasteiger partial charge in [0.25, 0.3) is 0 Å². The smallest absolute Gasteiger partial charge is 0.246 e. The van der Waals surface area contributed by atoms with Gasteiger partial charge in [-0.15, -0.1) is 0 Å². The zero-order valence-electron chi connectivity index (χ0n) is 15.8. The fraction of sp³-hybridized carbons (Fsp3) is 0.400. The molecule has 3 rings (SSSR count). The molecule has 0 bridgehead atoms. The van der Waals surface area contributed by atoms with Crippen LogP contribution in [-0.2, 0) is 10.0 Å². The summed E-state index contributed by atoms with van der Waals surface area (Å²) in [7, 11) is -0.615. The third kappa shape index (κ3) is 4.25. The number of thioether (sulfide) groups is 1. The first-order valence-corrected chi connectivity index (χ1v) is 11.4. The van der Waals surface area contributed by atoms with E-state index < -0.39 is 10.0 Å². The second-order valence-corrected chi connectivity index (χ2v) is 9.64. The summed E-state index contributed by atoms with van der Waals surface area (Å²) in [6, 6.07) is 13.1. The molecule has 1 fully saturated rings. The molecule has 0 N–H and O–H groups in total. The lowest BCUT2D eigenvalue weighted by Gasteiger charge is -2.21.